The van der Waals surface area contributed by atoms with Crippen LogP contribution < -0.4 is 5.32 Å². The number of imidazole rings is 1. The van der Waals surface area contributed by atoms with Crippen molar-refractivity contribution in [3.8, 4) is 0 Å². The van der Waals surface area contributed by atoms with E-state index in [9.17, 15) is 4.79 Å². The topological polar surface area (TPSA) is 75.1 Å². The van der Waals surface area contributed by atoms with Crippen molar-refractivity contribution < 1.29 is 4.79 Å². The molecule has 6 nitrogen and oxygen atoms in total. The normalized spacial score (nSPS) is 15.7. The fraction of sp³-hybridized carbons (Fsp3) is 0.353. The second-order valence-corrected chi connectivity index (χ2v) is 6.33. The largest absolute Gasteiger partial charge is 0.309 e. The Bertz CT molecular complexity index is 874. The number of nitrogens with one attached hydrogen (secondary N) is 2. The molecule has 118 valence electrons. The molecule has 0 aromatic carbocycles. The lowest BCUT2D eigenvalue weighted by Gasteiger charge is -2.07. The van der Waals surface area contributed by atoms with Gasteiger partial charge < -0.3 is 9.72 Å². The van der Waals surface area contributed by atoms with Crippen LogP contribution in [-0.4, -0.2) is 25.5 Å². The standard InChI is InChI=1S/C17H19N5O/c1-10-3-6-16-18-14(9-22(16)8-10)11(2)17(23)19-15-7-13(20-21-15)12-4-5-12/h3,6-9,11-12H,4-5H2,1-2H3,(H2,19,20,21,23). The molecule has 2 N–H and O–H groups in total. The summed E-state index contributed by atoms with van der Waals surface area (Å²) in [6.45, 7) is 3.89. The van der Waals surface area contributed by atoms with E-state index in [1.807, 2.05) is 48.8 Å². The van der Waals surface area contributed by atoms with Gasteiger partial charge in [0, 0.05) is 30.1 Å². The predicted octanol–water partition coefficient (Wildman–Crippen LogP) is 2.99. The number of pyridine rings is 1. The molecule has 3 aromatic heterocycles. The van der Waals surface area contributed by atoms with Crippen molar-refractivity contribution in [3.63, 3.8) is 0 Å². The summed E-state index contributed by atoms with van der Waals surface area (Å²) < 4.78 is 1.95. The lowest BCUT2D eigenvalue weighted by atomic mass is 10.1. The molecule has 0 bridgehead atoms. The Balaban J connectivity index is 1.51. The minimum Gasteiger partial charge on any atom is -0.309 e. The third kappa shape index (κ3) is 2.72. The van der Waals surface area contributed by atoms with Gasteiger partial charge in [0.2, 0.25) is 5.91 Å². The van der Waals surface area contributed by atoms with Gasteiger partial charge in [0.1, 0.15) is 5.65 Å². The number of fused-ring (bicyclic) bond motifs is 1. The first-order chi connectivity index (χ1) is 11.1. The molecule has 0 saturated heterocycles. The van der Waals surface area contributed by atoms with Crippen LogP contribution in [0.25, 0.3) is 5.65 Å². The minimum atomic E-state index is -0.337. The number of aryl methyl sites for hydroxylation is 1. The van der Waals surface area contributed by atoms with E-state index in [4.69, 9.17) is 0 Å². The highest BCUT2D eigenvalue weighted by Crippen LogP contribution is 2.39. The smallest absolute Gasteiger partial charge is 0.234 e. The van der Waals surface area contributed by atoms with E-state index in [1.165, 1.54) is 12.8 Å². The lowest BCUT2D eigenvalue weighted by Crippen LogP contribution is -2.19. The van der Waals surface area contributed by atoms with Crippen molar-refractivity contribution in [3.05, 3.63) is 47.5 Å². The molecule has 3 aromatic rings. The second-order valence-electron chi connectivity index (χ2n) is 6.33. The lowest BCUT2D eigenvalue weighted by molar-refractivity contribution is -0.117. The van der Waals surface area contributed by atoms with Crippen molar-refractivity contribution >= 4 is 17.4 Å². The molecule has 6 heteroatoms. The van der Waals surface area contributed by atoms with Crippen LogP contribution >= 0.6 is 0 Å². The van der Waals surface area contributed by atoms with Gasteiger partial charge in [-0.3, -0.25) is 9.89 Å². The van der Waals surface area contributed by atoms with Crippen LogP contribution in [0.1, 0.15) is 48.6 Å². The SMILES string of the molecule is Cc1ccc2nc(C(C)C(=O)Nc3cc(C4CC4)[nH]n3)cn2c1. The van der Waals surface area contributed by atoms with Gasteiger partial charge in [0.05, 0.1) is 11.6 Å². The first-order valence-corrected chi connectivity index (χ1v) is 7.91. The maximum atomic E-state index is 12.4. The first-order valence-electron chi connectivity index (χ1n) is 7.91. The Morgan fingerprint density at radius 3 is 3.00 bits per heavy atom. The van der Waals surface area contributed by atoms with Gasteiger partial charge in [0.15, 0.2) is 5.82 Å². The molecule has 0 aliphatic heterocycles. The average Bonchev–Trinajstić information content (AvgIpc) is 3.13. The quantitative estimate of drug-likeness (QED) is 0.778. The zero-order valence-corrected chi connectivity index (χ0v) is 13.2. The number of amides is 1. The molecular formula is C17H19N5O. The highest BCUT2D eigenvalue weighted by Gasteiger charge is 2.26. The summed E-state index contributed by atoms with van der Waals surface area (Å²) in [5, 5.41) is 10.0. The molecule has 1 fully saturated rings. The zero-order valence-electron chi connectivity index (χ0n) is 13.2. The monoisotopic (exact) mass is 309 g/mol. The fourth-order valence-electron chi connectivity index (χ4n) is 2.70. The molecule has 1 aliphatic carbocycles. The van der Waals surface area contributed by atoms with Crippen LogP contribution in [0.3, 0.4) is 0 Å². The fourth-order valence-corrected chi connectivity index (χ4v) is 2.70. The van der Waals surface area contributed by atoms with Crippen molar-refractivity contribution in [2.75, 3.05) is 5.32 Å². The van der Waals surface area contributed by atoms with Crippen molar-refractivity contribution in [2.24, 2.45) is 0 Å². The summed E-state index contributed by atoms with van der Waals surface area (Å²) >= 11 is 0. The number of anilines is 1. The van der Waals surface area contributed by atoms with E-state index >= 15 is 0 Å². The van der Waals surface area contributed by atoms with Gasteiger partial charge in [0.25, 0.3) is 0 Å². The van der Waals surface area contributed by atoms with Crippen LogP contribution in [0.5, 0.6) is 0 Å². The van der Waals surface area contributed by atoms with E-state index in [0.29, 0.717) is 11.7 Å². The van der Waals surface area contributed by atoms with Crippen LogP contribution in [-0.2, 0) is 4.79 Å². The highest BCUT2D eigenvalue weighted by molar-refractivity contribution is 5.94. The van der Waals surface area contributed by atoms with Crippen LogP contribution in [0.2, 0.25) is 0 Å². The zero-order chi connectivity index (χ0) is 16.0. The molecular weight excluding hydrogens is 290 g/mol. The summed E-state index contributed by atoms with van der Waals surface area (Å²) in [6, 6.07) is 5.90. The van der Waals surface area contributed by atoms with Gasteiger partial charge >= 0.3 is 0 Å². The summed E-state index contributed by atoms with van der Waals surface area (Å²) in [6.07, 6.45) is 6.32. The van der Waals surface area contributed by atoms with Gasteiger partial charge in [-0.25, -0.2) is 4.98 Å². The predicted molar refractivity (Wildman–Crippen MR) is 87.5 cm³/mol. The summed E-state index contributed by atoms with van der Waals surface area (Å²) in [5.74, 6) is 0.742. The molecule has 4 rings (SSSR count). The average molecular weight is 309 g/mol. The van der Waals surface area contributed by atoms with E-state index in [1.54, 1.807) is 0 Å². The highest BCUT2D eigenvalue weighted by atomic mass is 16.2. The summed E-state index contributed by atoms with van der Waals surface area (Å²) in [5.41, 5.74) is 3.87. The molecule has 23 heavy (non-hydrogen) atoms. The number of nitrogens with zero attached hydrogens (tertiary/aromatic N) is 3. The molecule has 0 spiro atoms. The Kier molecular flexibility index (Phi) is 3.18. The number of rotatable bonds is 4. The summed E-state index contributed by atoms with van der Waals surface area (Å²) in [4.78, 5) is 17.0. The third-order valence-electron chi connectivity index (χ3n) is 4.32. The van der Waals surface area contributed by atoms with Gasteiger partial charge in [-0.1, -0.05) is 6.07 Å². The van der Waals surface area contributed by atoms with Gasteiger partial charge in [-0.2, -0.15) is 5.10 Å². The maximum Gasteiger partial charge on any atom is 0.234 e. The van der Waals surface area contributed by atoms with E-state index in [-0.39, 0.29) is 11.8 Å². The van der Waals surface area contributed by atoms with Crippen LogP contribution in [0, 0.1) is 6.92 Å². The Morgan fingerprint density at radius 2 is 2.22 bits per heavy atom. The Hall–Kier alpha value is -2.63. The number of carbonyl (C=O) groups excluding carboxylic acids is 1. The Labute approximate surface area is 133 Å². The van der Waals surface area contributed by atoms with Gasteiger partial charge in [-0.05, 0) is 38.3 Å². The number of aromatic amines is 1. The number of H-pyrrole nitrogens is 1. The molecule has 1 atom stereocenters. The van der Waals surface area contributed by atoms with Gasteiger partial charge in [-0.15, -0.1) is 0 Å². The van der Waals surface area contributed by atoms with E-state index < -0.39 is 0 Å². The maximum absolute atomic E-state index is 12.4. The van der Waals surface area contributed by atoms with E-state index in [0.717, 1.165) is 22.6 Å². The molecule has 1 unspecified atom stereocenters. The molecule has 0 radical (unpaired) electrons. The van der Waals surface area contributed by atoms with Crippen molar-refractivity contribution in [1.82, 2.24) is 19.6 Å². The molecule has 1 saturated carbocycles. The second kappa shape index (κ2) is 5.22. The number of carbonyl (C=O) groups is 1. The molecule has 1 amide bonds. The van der Waals surface area contributed by atoms with Crippen LogP contribution in [0.15, 0.2) is 30.6 Å². The van der Waals surface area contributed by atoms with E-state index in [2.05, 4.69) is 20.5 Å². The summed E-state index contributed by atoms with van der Waals surface area (Å²) in [7, 11) is 0. The number of aromatic nitrogens is 4. The first kappa shape index (κ1) is 14.0. The van der Waals surface area contributed by atoms with Crippen molar-refractivity contribution in [2.45, 2.75) is 38.5 Å². The molecule has 1 aliphatic rings. The molecule has 3 heterocycles. The number of hydrogen-bond donors (Lipinski definition) is 2. The minimum absolute atomic E-state index is 0.0982. The Morgan fingerprint density at radius 1 is 1.39 bits per heavy atom. The van der Waals surface area contributed by atoms with Crippen LogP contribution in [0.4, 0.5) is 5.82 Å². The van der Waals surface area contributed by atoms with Crippen molar-refractivity contribution in [1.29, 1.82) is 0 Å². The number of hydrogen-bond acceptors (Lipinski definition) is 3. The third-order valence-corrected chi connectivity index (χ3v) is 4.32.